The maximum atomic E-state index is 14.5. The number of anilines is 1. The first kappa shape index (κ1) is 29.6. The van der Waals surface area contributed by atoms with Gasteiger partial charge in [0.2, 0.25) is 0 Å². The average molecular weight is 645 g/mol. The average Bonchev–Trinajstić information content (AvgIpc) is 3.62. The second-order valence-corrected chi connectivity index (χ2v) is 13.1. The van der Waals surface area contributed by atoms with Crippen LogP contribution in [0.2, 0.25) is 0 Å². The Kier molecular flexibility index (Phi) is 6.85. The van der Waals surface area contributed by atoms with Crippen molar-refractivity contribution in [2.45, 2.75) is 13.8 Å². The van der Waals surface area contributed by atoms with Crippen molar-refractivity contribution in [3.63, 3.8) is 0 Å². The van der Waals surface area contributed by atoms with Crippen LogP contribution in [-0.4, -0.2) is 16.4 Å². The highest BCUT2D eigenvalue weighted by molar-refractivity contribution is 6.35. The smallest absolute Gasteiger partial charge is 0.268 e. The summed E-state index contributed by atoms with van der Waals surface area (Å²) >= 11 is 0. The van der Waals surface area contributed by atoms with Gasteiger partial charge in [-0.1, -0.05) is 132 Å². The summed E-state index contributed by atoms with van der Waals surface area (Å²) in [6.07, 6.45) is 0. The van der Waals surface area contributed by atoms with E-state index >= 15 is 0 Å². The maximum absolute atomic E-state index is 14.5. The number of imide groups is 1. The third-order valence-corrected chi connectivity index (χ3v) is 9.90. The molecule has 0 aliphatic carbocycles. The van der Waals surface area contributed by atoms with Crippen molar-refractivity contribution in [2.24, 2.45) is 0 Å². The molecular formula is C46H32N2O2. The van der Waals surface area contributed by atoms with Gasteiger partial charge < -0.3 is 4.57 Å². The number of nitrogens with zero attached hydrogens (tertiary/aromatic N) is 2. The van der Waals surface area contributed by atoms with E-state index in [-0.39, 0.29) is 11.8 Å². The molecule has 0 bridgehead atoms. The van der Waals surface area contributed by atoms with Gasteiger partial charge in [0.1, 0.15) is 0 Å². The molecule has 4 nitrogen and oxygen atoms in total. The van der Waals surface area contributed by atoms with E-state index in [1.54, 1.807) is 6.07 Å². The number of fused-ring (bicyclic) bond motifs is 4. The van der Waals surface area contributed by atoms with Crippen LogP contribution in [0.4, 0.5) is 5.69 Å². The Morgan fingerprint density at radius 2 is 0.900 bits per heavy atom. The lowest BCUT2D eigenvalue weighted by Crippen LogP contribution is -2.29. The number of amides is 2. The molecule has 1 aliphatic heterocycles. The first-order valence-electron chi connectivity index (χ1n) is 16.8. The Bertz CT molecular complexity index is 2510. The molecule has 4 heteroatoms. The van der Waals surface area contributed by atoms with Gasteiger partial charge in [-0.25, -0.2) is 4.90 Å². The van der Waals surface area contributed by atoms with E-state index in [0.717, 1.165) is 55.2 Å². The molecule has 238 valence electrons. The molecule has 7 aromatic carbocycles. The highest BCUT2D eigenvalue weighted by atomic mass is 16.2. The number of rotatable bonds is 5. The van der Waals surface area contributed by atoms with Crippen molar-refractivity contribution in [3.8, 4) is 39.1 Å². The third kappa shape index (κ3) is 4.76. The van der Waals surface area contributed by atoms with Gasteiger partial charge in [0.15, 0.2) is 0 Å². The lowest BCUT2D eigenvalue weighted by atomic mass is 10.0. The van der Waals surface area contributed by atoms with Crippen molar-refractivity contribution in [2.75, 3.05) is 4.90 Å². The zero-order valence-electron chi connectivity index (χ0n) is 27.7. The number of aryl methyl sites for hydroxylation is 2. The summed E-state index contributed by atoms with van der Waals surface area (Å²) in [5.74, 6) is -0.645. The van der Waals surface area contributed by atoms with Crippen LogP contribution in [0.3, 0.4) is 0 Å². The molecule has 50 heavy (non-hydrogen) atoms. The Morgan fingerprint density at radius 1 is 0.420 bits per heavy atom. The van der Waals surface area contributed by atoms with Crippen LogP contribution in [0.5, 0.6) is 0 Å². The fraction of sp³-hybridized carbons (Fsp3) is 0.0435. The van der Waals surface area contributed by atoms with Gasteiger partial charge in [-0.05, 0) is 83.6 Å². The number of hydrogen-bond acceptors (Lipinski definition) is 2. The van der Waals surface area contributed by atoms with E-state index in [2.05, 4.69) is 103 Å². The lowest BCUT2D eigenvalue weighted by Gasteiger charge is -2.15. The van der Waals surface area contributed by atoms with Gasteiger partial charge in [0, 0.05) is 10.8 Å². The standard InChI is InChI=1S/C46H32N2O2/c1-29-11-15-33(16-12-29)35-21-25-38-39-26-22-36(34-17-13-30(2)14-18-34)28-43(39)48(42(38)27-35)41-10-6-9-40-44(41)46(50)47(45(40)49)37-23-19-32(20-24-37)31-7-4-3-5-8-31/h3-28H,1-2H3. The number of aromatic nitrogens is 1. The quantitative estimate of drug-likeness (QED) is 0.175. The highest BCUT2D eigenvalue weighted by Gasteiger charge is 2.39. The predicted octanol–water partition coefficient (Wildman–Crippen LogP) is 11.2. The molecule has 0 saturated carbocycles. The van der Waals surface area contributed by atoms with Gasteiger partial charge in [-0.2, -0.15) is 0 Å². The van der Waals surface area contributed by atoms with E-state index in [9.17, 15) is 9.59 Å². The largest absolute Gasteiger partial charge is 0.308 e. The molecule has 9 rings (SSSR count). The normalized spacial score (nSPS) is 12.6. The summed E-state index contributed by atoms with van der Waals surface area (Å²) in [6, 6.07) is 53.4. The molecule has 1 aliphatic rings. The number of hydrogen-bond donors (Lipinski definition) is 0. The van der Waals surface area contributed by atoms with Crippen molar-refractivity contribution >= 4 is 39.3 Å². The lowest BCUT2D eigenvalue weighted by molar-refractivity contribution is 0.0926. The summed E-state index contributed by atoms with van der Waals surface area (Å²) in [5, 5.41) is 2.16. The minimum Gasteiger partial charge on any atom is -0.308 e. The molecule has 2 heterocycles. The first-order valence-corrected chi connectivity index (χ1v) is 16.8. The molecule has 0 atom stereocenters. The maximum Gasteiger partial charge on any atom is 0.268 e. The van der Waals surface area contributed by atoms with Crippen molar-refractivity contribution in [1.82, 2.24) is 4.57 Å². The van der Waals surface area contributed by atoms with Gasteiger partial charge >= 0.3 is 0 Å². The van der Waals surface area contributed by atoms with Crippen LogP contribution >= 0.6 is 0 Å². The molecule has 0 radical (unpaired) electrons. The Hall–Kier alpha value is -6.52. The van der Waals surface area contributed by atoms with Crippen LogP contribution in [0.15, 0.2) is 158 Å². The monoisotopic (exact) mass is 644 g/mol. The summed E-state index contributed by atoms with van der Waals surface area (Å²) in [6.45, 7) is 4.18. The van der Waals surface area contributed by atoms with Crippen LogP contribution in [-0.2, 0) is 0 Å². The second kappa shape index (κ2) is 11.6. The molecule has 2 amide bonds. The molecule has 1 aromatic heterocycles. The van der Waals surface area contributed by atoms with Crippen LogP contribution in [0.1, 0.15) is 31.8 Å². The van der Waals surface area contributed by atoms with Crippen LogP contribution in [0.25, 0.3) is 60.9 Å². The van der Waals surface area contributed by atoms with E-state index in [1.165, 1.54) is 16.0 Å². The minimum atomic E-state index is -0.326. The Morgan fingerprint density at radius 3 is 1.46 bits per heavy atom. The van der Waals surface area contributed by atoms with Crippen LogP contribution < -0.4 is 4.90 Å². The Balaban J connectivity index is 1.24. The van der Waals surface area contributed by atoms with E-state index in [4.69, 9.17) is 0 Å². The van der Waals surface area contributed by atoms with Crippen LogP contribution in [0, 0.1) is 13.8 Å². The SMILES string of the molecule is Cc1ccc(-c2ccc3c4ccc(-c5ccc(C)cc5)cc4n(-c4cccc5c4C(=O)N(c4ccc(-c6ccccc6)cc4)C5=O)c3c2)cc1. The fourth-order valence-corrected chi connectivity index (χ4v) is 7.25. The van der Waals surface area contributed by atoms with Gasteiger partial charge in [0.05, 0.1) is 33.5 Å². The van der Waals surface area contributed by atoms with Gasteiger partial charge in [0.25, 0.3) is 11.8 Å². The fourth-order valence-electron chi connectivity index (χ4n) is 7.25. The van der Waals surface area contributed by atoms with E-state index in [1.807, 2.05) is 66.7 Å². The minimum absolute atomic E-state index is 0.319. The van der Waals surface area contributed by atoms with Crippen molar-refractivity contribution in [1.29, 1.82) is 0 Å². The third-order valence-electron chi connectivity index (χ3n) is 9.90. The molecule has 8 aromatic rings. The summed E-state index contributed by atoms with van der Waals surface area (Å²) in [4.78, 5) is 29.8. The van der Waals surface area contributed by atoms with Gasteiger partial charge in [-0.3, -0.25) is 9.59 Å². The van der Waals surface area contributed by atoms with E-state index in [0.29, 0.717) is 22.5 Å². The molecular weight excluding hydrogens is 613 g/mol. The summed E-state index contributed by atoms with van der Waals surface area (Å²) in [7, 11) is 0. The second-order valence-electron chi connectivity index (χ2n) is 13.1. The topological polar surface area (TPSA) is 42.3 Å². The summed E-state index contributed by atoms with van der Waals surface area (Å²) in [5.41, 5.74) is 12.9. The zero-order chi connectivity index (χ0) is 33.9. The van der Waals surface area contributed by atoms with E-state index < -0.39 is 0 Å². The number of carbonyl (C=O) groups excluding carboxylic acids is 2. The Labute approximate surface area is 290 Å². The summed E-state index contributed by atoms with van der Waals surface area (Å²) < 4.78 is 2.17. The van der Waals surface area contributed by atoms with Crippen molar-refractivity contribution < 1.29 is 9.59 Å². The first-order chi connectivity index (χ1) is 24.4. The highest BCUT2D eigenvalue weighted by Crippen LogP contribution is 2.40. The zero-order valence-corrected chi connectivity index (χ0v) is 27.7. The predicted molar refractivity (Wildman–Crippen MR) is 204 cm³/mol. The molecule has 0 fully saturated rings. The van der Waals surface area contributed by atoms with Crippen molar-refractivity contribution in [3.05, 3.63) is 180 Å². The molecule has 0 saturated heterocycles. The van der Waals surface area contributed by atoms with Gasteiger partial charge in [-0.15, -0.1) is 0 Å². The molecule has 0 N–H and O–H groups in total. The molecule has 0 spiro atoms. The number of carbonyl (C=O) groups is 2. The molecule has 0 unspecified atom stereocenters. The number of benzene rings is 7.